The fourth-order valence-corrected chi connectivity index (χ4v) is 6.91. The van der Waals surface area contributed by atoms with Gasteiger partial charge in [-0.2, -0.15) is 0 Å². The maximum absolute atomic E-state index is 6.06. The van der Waals surface area contributed by atoms with Crippen LogP contribution < -0.4 is 0 Å². The van der Waals surface area contributed by atoms with E-state index in [1.807, 2.05) is 0 Å². The van der Waals surface area contributed by atoms with E-state index in [2.05, 4.69) is 26.6 Å². The van der Waals surface area contributed by atoms with Crippen molar-refractivity contribution in [1.82, 2.24) is 0 Å². The second-order valence-corrected chi connectivity index (χ2v) is 11.3. The van der Waals surface area contributed by atoms with Crippen LogP contribution in [0.25, 0.3) is 0 Å². The Labute approximate surface area is 122 Å². The van der Waals surface area contributed by atoms with Crippen molar-refractivity contribution in [2.75, 3.05) is 34.0 Å². The van der Waals surface area contributed by atoms with Gasteiger partial charge in [0.05, 0.1) is 13.2 Å². The summed E-state index contributed by atoms with van der Waals surface area (Å²) in [6.07, 6.45) is 1.96. The molecule has 4 nitrogen and oxygen atoms in total. The van der Waals surface area contributed by atoms with E-state index in [1.54, 1.807) is 14.2 Å². The molecule has 0 aromatic carbocycles. The third kappa shape index (κ3) is 8.21. The number of rotatable bonds is 12. The van der Waals surface area contributed by atoms with Crippen LogP contribution in [-0.2, 0) is 18.3 Å². The summed E-state index contributed by atoms with van der Waals surface area (Å²) >= 11 is 0. The SMILES string of the molecule is CCC(COC)(COC)OCCC[Si](C)(C)O[SiH2]C. The van der Waals surface area contributed by atoms with Gasteiger partial charge in [0.2, 0.25) is 0 Å². The normalized spacial score (nSPS) is 13.6. The molecule has 0 aliphatic carbocycles. The van der Waals surface area contributed by atoms with E-state index in [9.17, 15) is 0 Å². The lowest BCUT2D eigenvalue weighted by atomic mass is 10.0. The van der Waals surface area contributed by atoms with E-state index < -0.39 is 8.32 Å². The number of ether oxygens (including phenoxy) is 3. The van der Waals surface area contributed by atoms with Crippen LogP contribution in [0.3, 0.4) is 0 Å². The van der Waals surface area contributed by atoms with Crippen molar-refractivity contribution in [2.24, 2.45) is 0 Å². The summed E-state index contributed by atoms with van der Waals surface area (Å²) in [5.41, 5.74) is -0.296. The molecule has 0 bridgehead atoms. The van der Waals surface area contributed by atoms with E-state index in [1.165, 1.54) is 0 Å². The zero-order chi connectivity index (χ0) is 14.8. The average molecular weight is 309 g/mol. The zero-order valence-corrected chi connectivity index (χ0v) is 16.0. The lowest BCUT2D eigenvalue weighted by Crippen LogP contribution is -2.42. The minimum Gasteiger partial charge on any atom is -0.461 e. The van der Waals surface area contributed by atoms with Gasteiger partial charge >= 0.3 is 0 Å². The maximum Gasteiger partial charge on any atom is 0.173 e. The Kier molecular flexibility index (Phi) is 10.2. The van der Waals surface area contributed by atoms with Gasteiger partial charge < -0.3 is 18.3 Å². The minimum atomic E-state index is -1.43. The molecule has 0 heterocycles. The van der Waals surface area contributed by atoms with Crippen molar-refractivity contribution in [3.05, 3.63) is 0 Å². The Morgan fingerprint density at radius 1 is 1.11 bits per heavy atom. The van der Waals surface area contributed by atoms with Gasteiger partial charge in [0.25, 0.3) is 0 Å². The first kappa shape index (κ1) is 19.3. The molecule has 6 heteroatoms. The third-order valence-electron chi connectivity index (χ3n) is 3.33. The van der Waals surface area contributed by atoms with Crippen LogP contribution in [0.2, 0.25) is 25.7 Å². The number of hydrogen-bond acceptors (Lipinski definition) is 4. The van der Waals surface area contributed by atoms with Crippen LogP contribution in [-0.4, -0.2) is 57.7 Å². The predicted octanol–water partition coefficient (Wildman–Crippen LogP) is 2.19. The van der Waals surface area contributed by atoms with E-state index in [0.717, 1.165) is 25.5 Å². The van der Waals surface area contributed by atoms with Crippen molar-refractivity contribution in [3.63, 3.8) is 0 Å². The summed E-state index contributed by atoms with van der Waals surface area (Å²) in [5.74, 6) is 0. The lowest BCUT2D eigenvalue weighted by Gasteiger charge is -2.32. The first-order valence-corrected chi connectivity index (χ1v) is 12.3. The van der Waals surface area contributed by atoms with Crippen molar-refractivity contribution in [1.29, 1.82) is 0 Å². The van der Waals surface area contributed by atoms with Crippen molar-refractivity contribution in [3.8, 4) is 0 Å². The molecule has 0 saturated carbocycles. The smallest absolute Gasteiger partial charge is 0.173 e. The van der Waals surface area contributed by atoms with E-state index >= 15 is 0 Å². The first-order valence-electron chi connectivity index (χ1n) is 7.21. The van der Waals surface area contributed by atoms with Crippen molar-refractivity contribution >= 4 is 18.1 Å². The Bertz CT molecular complexity index is 219. The molecule has 0 radical (unpaired) electrons. The Balaban J connectivity index is 4.11. The summed E-state index contributed by atoms with van der Waals surface area (Å²) < 4.78 is 22.6. The molecule has 0 spiro atoms. The van der Waals surface area contributed by atoms with Crippen LogP contribution in [0.5, 0.6) is 0 Å². The quantitative estimate of drug-likeness (QED) is 0.409. The van der Waals surface area contributed by atoms with Gasteiger partial charge in [0, 0.05) is 20.8 Å². The highest BCUT2D eigenvalue weighted by Gasteiger charge is 2.29. The van der Waals surface area contributed by atoms with Gasteiger partial charge in [-0.05, 0) is 32.0 Å². The molecule has 116 valence electrons. The molecule has 0 aromatic rings. The second-order valence-electron chi connectivity index (χ2n) is 5.55. The van der Waals surface area contributed by atoms with Crippen LogP contribution in [0, 0.1) is 0 Å². The molecule has 0 amide bonds. The largest absolute Gasteiger partial charge is 0.461 e. The zero-order valence-electron chi connectivity index (χ0n) is 13.6. The van der Waals surface area contributed by atoms with Gasteiger partial charge in [-0.25, -0.2) is 0 Å². The third-order valence-corrected chi connectivity index (χ3v) is 9.16. The van der Waals surface area contributed by atoms with Crippen LogP contribution in [0.4, 0.5) is 0 Å². The molecule has 0 aliphatic heterocycles. The minimum absolute atomic E-state index is 0.291. The maximum atomic E-state index is 6.06. The van der Waals surface area contributed by atoms with Crippen LogP contribution in [0.1, 0.15) is 19.8 Å². The van der Waals surface area contributed by atoms with E-state index in [4.69, 9.17) is 18.3 Å². The highest BCUT2D eigenvalue weighted by molar-refractivity contribution is 6.74. The fourth-order valence-electron chi connectivity index (χ4n) is 2.21. The number of methoxy groups -OCH3 is 2. The molecular weight excluding hydrogens is 276 g/mol. The molecule has 0 fully saturated rings. The molecule has 0 aromatic heterocycles. The monoisotopic (exact) mass is 308 g/mol. The lowest BCUT2D eigenvalue weighted by molar-refractivity contribution is -0.125. The second kappa shape index (κ2) is 10.1. The summed E-state index contributed by atoms with van der Waals surface area (Å²) in [5, 5.41) is 0. The molecule has 19 heavy (non-hydrogen) atoms. The summed E-state index contributed by atoms with van der Waals surface area (Å²) in [6, 6.07) is 1.16. The Morgan fingerprint density at radius 2 is 1.68 bits per heavy atom. The van der Waals surface area contributed by atoms with E-state index in [0.29, 0.717) is 13.2 Å². The summed E-state index contributed by atoms with van der Waals surface area (Å²) in [7, 11) is 1.70. The van der Waals surface area contributed by atoms with Gasteiger partial charge in [-0.1, -0.05) is 13.5 Å². The predicted molar refractivity (Wildman–Crippen MR) is 85.1 cm³/mol. The van der Waals surface area contributed by atoms with Crippen molar-refractivity contribution in [2.45, 2.75) is 51.1 Å². The summed E-state index contributed by atoms with van der Waals surface area (Å²) in [6.45, 7) is 10.8. The molecule has 0 saturated heterocycles. The van der Waals surface area contributed by atoms with Gasteiger partial charge in [0.1, 0.15) is 15.4 Å². The molecule has 0 rings (SSSR count). The molecule has 0 aliphatic rings. The van der Waals surface area contributed by atoms with Gasteiger partial charge in [-0.3, -0.25) is 0 Å². The van der Waals surface area contributed by atoms with Gasteiger partial charge in [0.15, 0.2) is 8.32 Å². The molecule has 0 N–H and O–H groups in total. The molecule has 0 unspecified atom stereocenters. The van der Waals surface area contributed by atoms with Crippen LogP contribution >= 0.6 is 0 Å². The highest BCUT2D eigenvalue weighted by atomic mass is 28.4. The summed E-state index contributed by atoms with van der Waals surface area (Å²) in [4.78, 5) is 0. The Hall–Kier alpha value is 0.274. The van der Waals surface area contributed by atoms with Gasteiger partial charge in [-0.15, -0.1) is 0 Å². The average Bonchev–Trinajstić information content (AvgIpc) is 2.35. The Morgan fingerprint density at radius 3 is 2.11 bits per heavy atom. The number of hydrogen-bond donors (Lipinski definition) is 0. The van der Waals surface area contributed by atoms with Crippen molar-refractivity contribution < 1.29 is 18.3 Å². The highest BCUT2D eigenvalue weighted by Crippen LogP contribution is 2.19. The van der Waals surface area contributed by atoms with Crippen LogP contribution in [0.15, 0.2) is 0 Å². The van der Waals surface area contributed by atoms with E-state index in [-0.39, 0.29) is 15.4 Å². The fraction of sp³-hybridized carbons (Fsp3) is 1.00. The standard InChI is InChI=1S/C13H32O4Si2/c1-7-13(11-14-2,12-15-3)16-9-8-10-19(5,6)17-18-4/h7-12,18H2,1-6H3. The topological polar surface area (TPSA) is 36.9 Å². The first-order chi connectivity index (χ1) is 8.95. The molecular formula is C13H32O4Si2. The molecule has 0 atom stereocenters.